The smallest absolute Gasteiger partial charge is 0.251 e. The minimum atomic E-state index is -0.0904. The van der Waals surface area contributed by atoms with Gasteiger partial charge in [-0.25, -0.2) is 0 Å². The monoisotopic (exact) mass is 280 g/mol. The molecule has 1 aromatic carbocycles. The van der Waals surface area contributed by atoms with E-state index >= 15 is 0 Å². The van der Waals surface area contributed by atoms with Crippen molar-refractivity contribution in [2.24, 2.45) is 0 Å². The van der Waals surface area contributed by atoms with E-state index in [0.717, 1.165) is 13.0 Å². The standard InChI is InChI=1S/C15H24N2O3/c1-5-20-14-11-12(7-8-13(14)19-4)15(18)16-9-6-10-17(2)3/h7-8,11H,5-6,9-10H2,1-4H3,(H,16,18). The Kier molecular flexibility index (Phi) is 6.87. The molecule has 0 unspecified atom stereocenters. The summed E-state index contributed by atoms with van der Waals surface area (Å²) in [6.07, 6.45) is 0.924. The molecule has 0 bridgehead atoms. The van der Waals surface area contributed by atoms with Crippen LogP contribution in [0.25, 0.3) is 0 Å². The highest BCUT2D eigenvalue weighted by molar-refractivity contribution is 5.94. The lowest BCUT2D eigenvalue weighted by Gasteiger charge is -2.12. The first-order valence-corrected chi connectivity index (χ1v) is 6.82. The van der Waals surface area contributed by atoms with E-state index in [4.69, 9.17) is 9.47 Å². The van der Waals surface area contributed by atoms with Crippen molar-refractivity contribution in [2.45, 2.75) is 13.3 Å². The van der Waals surface area contributed by atoms with Crippen LogP contribution in [0.3, 0.4) is 0 Å². The Bertz CT molecular complexity index is 433. The molecular formula is C15H24N2O3. The van der Waals surface area contributed by atoms with Gasteiger partial charge in [0.15, 0.2) is 11.5 Å². The number of methoxy groups -OCH3 is 1. The zero-order valence-corrected chi connectivity index (χ0v) is 12.7. The van der Waals surface area contributed by atoms with E-state index in [2.05, 4.69) is 10.2 Å². The average molecular weight is 280 g/mol. The first-order valence-electron chi connectivity index (χ1n) is 6.82. The van der Waals surface area contributed by atoms with Gasteiger partial charge in [0.05, 0.1) is 13.7 Å². The van der Waals surface area contributed by atoms with Gasteiger partial charge in [-0.05, 0) is 52.2 Å². The van der Waals surface area contributed by atoms with Gasteiger partial charge in [-0.15, -0.1) is 0 Å². The number of nitrogens with zero attached hydrogens (tertiary/aromatic N) is 1. The third-order valence-corrected chi connectivity index (χ3v) is 2.79. The molecule has 1 N–H and O–H groups in total. The van der Waals surface area contributed by atoms with Gasteiger partial charge < -0.3 is 19.7 Å². The summed E-state index contributed by atoms with van der Waals surface area (Å²) in [5.41, 5.74) is 0.583. The molecule has 0 aromatic heterocycles. The number of ether oxygens (including phenoxy) is 2. The Morgan fingerprint density at radius 1 is 1.30 bits per heavy atom. The van der Waals surface area contributed by atoms with Crippen molar-refractivity contribution in [3.05, 3.63) is 23.8 Å². The minimum Gasteiger partial charge on any atom is -0.493 e. The lowest BCUT2D eigenvalue weighted by atomic mass is 10.2. The first-order chi connectivity index (χ1) is 9.58. The van der Waals surface area contributed by atoms with Crippen LogP contribution in [-0.2, 0) is 0 Å². The molecule has 5 nitrogen and oxygen atoms in total. The van der Waals surface area contributed by atoms with Crippen molar-refractivity contribution in [3.63, 3.8) is 0 Å². The summed E-state index contributed by atoms with van der Waals surface area (Å²) in [7, 11) is 5.61. The molecule has 0 saturated carbocycles. The van der Waals surface area contributed by atoms with Gasteiger partial charge >= 0.3 is 0 Å². The predicted molar refractivity (Wildman–Crippen MR) is 79.7 cm³/mol. The molecule has 0 heterocycles. The fraction of sp³-hybridized carbons (Fsp3) is 0.533. The van der Waals surface area contributed by atoms with E-state index in [1.165, 1.54) is 0 Å². The molecule has 0 aliphatic rings. The van der Waals surface area contributed by atoms with Crippen LogP contribution < -0.4 is 14.8 Å². The van der Waals surface area contributed by atoms with Crippen LogP contribution in [0.4, 0.5) is 0 Å². The number of carbonyl (C=O) groups is 1. The molecule has 0 spiro atoms. The number of rotatable bonds is 8. The van der Waals surface area contributed by atoms with Crippen molar-refractivity contribution in [1.82, 2.24) is 10.2 Å². The topological polar surface area (TPSA) is 50.8 Å². The molecule has 1 rings (SSSR count). The highest BCUT2D eigenvalue weighted by Gasteiger charge is 2.10. The highest BCUT2D eigenvalue weighted by atomic mass is 16.5. The SMILES string of the molecule is CCOc1cc(C(=O)NCCCN(C)C)ccc1OC. The Balaban J connectivity index is 2.61. The summed E-state index contributed by atoms with van der Waals surface area (Å²) in [6.45, 7) is 4.04. The van der Waals surface area contributed by atoms with Gasteiger partial charge in [0.2, 0.25) is 0 Å². The molecule has 0 aliphatic heterocycles. The van der Waals surface area contributed by atoms with Gasteiger partial charge in [-0.2, -0.15) is 0 Å². The third kappa shape index (κ3) is 5.09. The maximum absolute atomic E-state index is 12.0. The fourth-order valence-electron chi connectivity index (χ4n) is 1.79. The van der Waals surface area contributed by atoms with E-state index < -0.39 is 0 Å². The van der Waals surface area contributed by atoms with Gasteiger partial charge in [0.25, 0.3) is 5.91 Å². The number of carbonyl (C=O) groups excluding carboxylic acids is 1. The molecule has 112 valence electrons. The van der Waals surface area contributed by atoms with Crippen LogP contribution in [0.15, 0.2) is 18.2 Å². The molecular weight excluding hydrogens is 256 g/mol. The van der Waals surface area contributed by atoms with E-state index in [-0.39, 0.29) is 5.91 Å². The van der Waals surface area contributed by atoms with Crippen molar-refractivity contribution >= 4 is 5.91 Å². The maximum Gasteiger partial charge on any atom is 0.251 e. The van der Waals surface area contributed by atoms with Gasteiger partial charge in [0, 0.05) is 12.1 Å². The van der Waals surface area contributed by atoms with Crippen molar-refractivity contribution < 1.29 is 14.3 Å². The van der Waals surface area contributed by atoms with Crippen molar-refractivity contribution in [1.29, 1.82) is 0 Å². The number of benzene rings is 1. The highest BCUT2D eigenvalue weighted by Crippen LogP contribution is 2.27. The molecule has 0 radical (unpaired) electrons. The molecule has 0 fully saturated rings. The van der Waals surface area contributed by atoms with Gasteiger partial charge in [-0.1, -0.05) is 0 Å². The second-order valence-corrected chi connectivity index (χ2v) is 4.71. The Morgan fingerprint density at radius 3 is 2.65 bits per heavy atom. The van der Waals surface area contributed by atoms with Gasteiger partial charge in [0.1, 0.15) is 0 Å². The maximum atomic E-state index is 12.0. The second-order valence-electron chi connectivity index (χ2n) is 4.71. The Hall–Kier alpha value is -1.75. The second kappa shape index (κ2) is 8.43. The molecule has 0 aliphatic carbocycles. The van der Waals surface area contributed by atoms with Crippen molar-refractivity contribution in [2.75, 3.05) is 40.9 Å². The molecule has 1 aromatic rings. The molecule has 0 atom stereocenters. The molecule has 0 saturated heterocycles. The van der Waals surface area contributed by atoms with E-state index in [1.807, 2.05) is 21.0 Å². The summed E-state index contributed by atoms with van der Waals surface area (Å²) in [6, 6.07) is 5.20. The van der Waals surface area contributed by atoms with Gasteiger partial charge in [-0.3, -0.25) is 4.79 Å². The van der Waals surface area contributed by atoms with E-state index in [1.54, 1.807) is 25.3 Å². The molecule has 20 heavy (non-hydrogen) atoms. The van der Waals surface area contributed by atoms with Crippen LogP contribution >= 0.6 is 0 Å². The number of nitrogens with one attached hydrogen (secondary N) is 1. The average Bonchev–Trinajstić information content (AvgIpc) is 2.43. The summed E-state index contributed by atoms with van der Waals surface area (Å²) in [5, 5.41) is 2.90. The van der Waals surface area contributed by atoms with E-state index in [0.29, 0.717) is 30.2 Å². The van der Waals surface area contributed by atoms with Crippen LogP contribution in [0, 0.1) is 0 Å². The van der Waals surface area contributed by atoms with E-state index in [9.17, 15) is 4.79 Å². The zero-order valence-electron chi connectivity index (χ0n) is 12.7. The van der Waals surface area contributed by atoms with Crippen LogP contribution in [0.1, 0.15) is 23.7 Å². The van der Waals surface area contributed by atoms with Crippen LogP contribution in [0.2, 0.25) is 0 Å². The molecule has 5 heteroatoms. The summed E-state index contributed by atoms with van der Waals surface area (Å²) < 4.78 is 10.7. The predicted octanol–water partition coefficient (Wildman–Crippen LogP) is 1.78. The van der Waals surface area contributed by atoms with Crippen LogP contribution in [0.5, 0.6) is 11.5 Å². The third-order valence-electron chi connectivity index (χ3n) is 2.79. The minimum absolute atomic E-state index is 0.0904. The number of hydrogen-bond acceptors (Lipinski definition) is 4. The summed E-state index contributed by atoms with van der Waals surface area (Å²) in [4.78, 5) is 14.1. The Labute approximate surface area is 120 Å². The largest absolute Gasteiger partial charge is 0.493 e. The normalized spacial score (nSPS) is 10.4. The van der Waals surface area contributed by atoms with Crippen LogP contribution in [-0.4, -0.2) is 51.7 Å². The first kappa shape index (κ1) is 16.3. The number of hydrogen-bond donors (Lipinski definition) is 1. The summed E-state index contributed by atoms with van der Waals surface area (Å²) in [5.74, 6) is 1.14. The quantitative estimate of drug-likeness (QED) is 0.737. The lowest BCUT2D eigenvalue weighted by molar-refractivity contribution is 0.0952. The fourth-order valence-corrected chi connectivity index (χ4v) is 1.79. The number of amides is 1. The molecule has 1 amide bonds. The lowest BCUT2D eigenvalue weighted by Crippen LogP contribution is -2.27. The summed E-state index contributed by atoms with van der Waals surface area (Å²) >= 11 is 0. The zero-order chi connectivity index (χ0) is 15.0. The Morgan fingerprint density at radius 2 is 2.05 bits per heavy atom. The van der Waals surface area contributed by atoms with Crippen molar-refractivity contribution in [3.8, 4) is 11.5 Å².